The van der Waals surface area contributed by atoms with Crippen molar-refractivity contribution in [2.45, 2.75) is 13.3 Å². The number of rotatable bonds is 6. The number of para-hydroxylation sites is 3. The predicted octanol–water partition coefficient (Wildman–Crippen LogP) is 5.60. The molecule has 1 amide bonds. The minimum absolute atomic E-state index is 0.139. The minimum Gasteiger partial charge on any atom is -0.441 e. The summed E-state index contributed by atoms with van der Waals surface area (Å²) in [6, 6.07) is 27.5. The highest BCUT2D eigenvalue weighted by atomic mass is 16.4. The molecule has 0 spiro atoms. The standard InChI is InChI=1S/C25H23N3O2/c1-18-22(27-25(30-18)19-11-5-3-6-12-19)17-24(29)26-21-15-9-10-16-23(21)28(2)20-13-7-4-8-14-20/h3-16H,17H2,1-2H3,(H,26,29). The second-order valence-corrected chi connectivity index (χ2v) is 7.02. The number of nitrogens with zero attached hydrogens (tertiary/aromatic N) is 2. The maximum Gasteiger partial charge on any atom is 0.230 e. The number of anilines is 3. The molecular weight excluding hydrogens is 374 g/mol. The van der Waals surface area contributed by atoms with E-state index in [9.17, 15) is 4.79 Å². The third kappa shape index (κ3) is 4.25. The normalized spacial score (nSPS) is 10.6. The highest BCUT2D eigenvalue weighted by Gasteiger charge is 2.16. The van der Waals surface area contributed by atoms with Crippen molar-refractivity contribution < 1.29 is 9.21 Å². The van der Waals surface area contributed by atoms with Gasteiger partial charge in [-0.25, -0.2) is 4.98 Å². The van der Waals surface area contributed by atoms with Crippen molar-refractivity contribution in [1.82, 2.24) is 4.98 Å². The van der Waals surface area contributed by atoms with E-state index in [1.807, 2.05) is 104 Å². The first-order valence-corrected chi connectivity index (χ1v) is 9.81. The minimum atomic E-state index is -0.139. The zero-order valence-corrected chi connectivity index (χ0v) is 17.0. The number of hydrogen-bond donors (Lipinski definition) is 1. The number of nitrogens with one attached hydrogen (secondary N) is 1. The molecule has 1 aromatic heterocycles. The van der Waals surface area contributed by atoms with Gasteiger partial charge in [-0.2, -0.15) is 0 Å². The van der Waals surface area contributed by atoms with Crippen LogP contribution in [0.4, 0.5) is 17.1 Å². The van der Waals surface area contributed by atoms with Crippen LogP contribution in [0.5, 0.6) is 0 Å². The summed E-state index contributed by atoms with van der Waals surface area (Å²) in [5.41, 5.74) is 4.23. The topological polar surface area (TPSA) is 58.4 Å². The summed E-state index contributed by atoms with van der Waals surface area (Å²) < 4.78 is 5.77. The van der Waals surface area contributed by atoms with Crippen LogP contribution in [0.3, 0.4) is 0 Å². The van der Waals surface area contributed by atoms with Crippen LogP contribution in [0.1, 0.15) is 11.5 Å². The Labute approximate surface area is 176 Å². The van der Waals surface area contributed by atoms with Gasteiger partial charge in [-0.1, -0.05) is 48.5 Å². The molecule has 0 aliphatic heterocycles. The molecule has 4 aromatic rings. The second kappa shape index (κ2) is 8.66. The van der Waals surface area contributed by atoms with Crippen LogP contribution < -0.4 is 10.2 Å². The Morgan fingerprint density at radius 2 is 1.57 bits per heavy atom. The van der Waals surface area contributed by atoms with Gasteiger partial charge in [0.2, 0.25) is 11.8 Å². The smallest absolute Gasteiger partial charge is 0.230 e. The lowest BCUT2D eigenvalue weighted by Gasteiger charge is -2.22. The molecule has 1 N–H and O–H groups in total. The lowest BCUT2D eigenvalue weighted by molar-refractivity contribution is -0.115. The van der Waals surface area contributed by atoms with Gasteiger partial charge >= 0.3 is 0 Å². The van der Waals surface area contributed by atoms with Crippen molar-refractivity contribution in [1.29, 1.82) is 0 Å². The molecule has 0 radical (unpaired) electrons. The molecule has 150 valence electrons. The summed E-state index contributed by atoms with van der Waals surface area (Å²) in [6.45, 7) is 1.83. The number of aromatic nitrogens is 1. The average molecular weight is 397 g/mol. The first kappa shape index (κ1) is 19.5. The van der Waals surface area contributed by atoms with Gasteiger partial charge in [0.15, 0.2) is 0 Å². The number of oxazole rings is 1. The van der Waals surface area contributed by atoms with E-state index in [-0.39, 0.29) is 12.3 Å². The number of benzene rings is 3. The third-order valence-electron chi connectivity index (χ3n) is 4.92. The molecule has 3 aromatic carbocycles. The second-order valence-electron chi connectivity index (χ2n) is 7.02. The van der Waals surface area contributed by atoms with Gasteiger partial charge in [0.05, 0.1) is 23.5 Å². The Balaban J connectivity index is 1.51. The Morgan fingerprint density at radius 1 is 0.933 bits per heavy atom. The summed E-state index contributed by atoms with van der Waals surface area (Å²) in [7, 11) is 1.98. The molecule has 4 rings (SSSR count). The van der Waals surface area contributed by atoms with Crippen molar-refractivity contribution in [3.8, 4) is 11.5 Å². The van der Waals surface area contributed by atoms with E-state index in [1.54, 1.807) is 0 Å². The molecule has 30 heavy (non-hydrogen) atoms. The van der Waals surface area contributed by atoms with Gasteiger partial charge in [0.1, 0.15) is 5.76 Å². The van der Waals surface area contributed by atoms with Gasteiger partial charge in [0.25, 0.3) is 0 Å². The largest absolute Gasteiger partial charge is 0.441 e. The molecule has 5 nitrogen and oxygen atoms in total. The number of hydrogen-bond acceptors (Lipinski definition) is 4. The quantitative estimate of drug-likeness (QED) is 0.460. The van der Waals surface area contributed by atoms with Crippen LogP contribution >= 0.6 is 0 Å². The van der Waals surface area contributed by atoms with E-state index in [2.05, 4.69) is 10.3 Å². The van der Waals surface area contributed by atoms with E-state index in [4.69, 9.17) is 4.42 Å². The van der Waals surface area contributed by atoms with Crippen molar-refractivity contribution >= 4 is 23.0 Å². The predicted molar refractivity (Wildman–Crippen MR) is 120 cm³/mol. The number of amides is 1. The molecule has 0 unspecified atom stereocenters. The van der Waals surface area contributed by atoms with Gasteiger partial charge < -0.3 is 14.6 Å². The fourth-order valence-electron chi connectivity index (χ4n) is 3.31. The zero-order valence-electron chi connectivity index (χ0n) is 17.0. The summed E-state index contributed by atoms with van der Waals surface area (Å²) in [5.74, 6) is 1.04. The molecule has 0 aliphatic carbocycles. The Bertz CT molecular complexity index is 1140. The summed E-state index contributed by atoms with van der Waals surface area (Å²) in [5, 5.41) is 3.02. The van der Waals surface area contributed by atoms with E-state index in [0.717, 1.165) is 22.6 Å². The molecular formula is C25H23N3O2. The zero-order chi connectivity index (χ0) is 20.9. The molecule has 0 bridgehead atoms. The van der Waals surface area contributed by atoms with Crippen molar-refractivity contribution in [3.05, 3.63) is 96.4 Å². The molecule has 0 saturated heterocycles. The molecule has 1 heterocycles. The third-order valence-corrected chi connectivity index (χ3v) is 4.92. The van der Waals surface area contributed by atoms with Crippen LogP contribution in [0.2, 0.25) is 0 Å². The lowest BCUT2D eigenvalue weighted by atomic mass is 10.2. The molecule has 0 saturated carbocycles. The SMILES string of the molecule is Cc1oc(-c2ccccc2)nc1CC(=O)Nc1ccccc1N(C)c1ccccc1. The van der Waals surface area contributed by atoms with Gasteiger partial charge in [-0.05, 0) is 43.3 Å². The van der Waals surface area contributed by atoms with E-state index in [0.29, 0.717) is 17.3 Å². The average Bonchev–Trinajstić information content (AvgIpc) is 3.15. The van der Waals surface area contributed by atoms with E-state index >= 15 is 0 Å². The number of aryl methyl sites for hydroxylation is 1. The maximum absolute atomic E-state index is 12.8. The fraction of sp³-hybridized carbons (Fsp3) is 0.120. The van der Waals surface area contributed by atoms with Crippen LogP contribution in [0.25, 0.3) is 11.5 Å². The van der Waals surface area contributed by atoms with Gasteiger partial charge in [0, 0.05) is 18.3 Å². The first-order chi connectivity index (χ1) is 14.6. The molecule has 0 atom stereocenters. The molecule has 5 heteroatoms. The maximum atomic E-state index is 12.8. The van der Waals surface area contributed by atoms with E-state index < -0.39 is 0 Å². The summed E-state index contributed by atoms with van der Waals surface area (Å²) >= 11 is 0. The fourth-order valence-corrected chi connectivity index (χ4v) is 3.31. The van der Waals surface area contributed by atoms with Gasteiger partial charge in [-0.15, -0.1) is 0 Å². The van der Waals surface area contributed by atoms with Crippen molar-refractivity contribution in [2.75, 3.05) is 17.3 Å². The number of carbonyl (C=O) groups is 1. The molecule has 0 aliphatic rings. The van der Waals surface area contributed by atoms with Crippen LogP contribution in [0.15, 0.2) is 89.3 Å². The first-order valence-electron chi connectivity index (χ1n) is 9.81. The Kier molecular flexibility index (Phi) is 5.61. The van der Waals surface area contributed by atoms with Crippen LogP contribution in [-0.4, -0.2) is 17.9 Å². The van der Waals surface area contributed by atoms with Crippen LogP contribution in [0, 0.1) is 6.92 Å². The summed E-state index contributed by atoms with van der Waals surface area (Å²) in [6.07, 6.45) is 0.144. The van der Waals surface area contributed by atoms with Crippen LogP contribution in [-0.2, 0) is 11.2 Å². The Hall–Kier alpha value is -3.86. The highest BCUT2D eigenvalue weighted by molar-refractivity contribution is 5.96. The van der Waals surface area contributed by atoms with E-state index in [1.165, 1.54) is 0 Å². The highest BCUT2D eigenvalue weighted by Crippen LogP contribution is 2.30. The van der Waals surface area contributed by atoms with Crippen molar-refractivity contribution in [3.63, 3.8) is 0 Å². The summed E-state index contributed by atoms with van der Waals surface area (Å²) in [4.78, 5) is 19.4. The monoisotopic (exact) mass is 397 g/mol. The van der Waals surface area contributed by atoms with Gasteiger partial charge in [-0.3, -0.25) is 4.79 Å². The number of carbonyl (C=O) groups excluding carboxylic acids is 1. The Morgan fingerprint density at radius 3 is 2.30 bits per heavy atom. The van der Waals surface area contributed by atoms with Crippen molar-refractivity contribution in [2.24, 2.45) is 0 Å². The lowest BCUT2D eigenvalue weighted by Crippen LogP contribution is -2.18. The molecule has 0 fully saturated rings.